The Morgan fingerprint density at radius 1 is 0.920 bits per heavy atom. The predicted molar refractivity (Wildman–Crippen MR) is 99.3 cm³/mol. The Hall–Kier alpha value is -3.34. The number of rotatable bonds is 3. The summed E-state index contributed by atoms with van der Waals surface area (Å²) in [6.07, 6.45) is 0. The summed E-state index contributed by atoms with van der Waals surface area (Å²) in [7, 11) is 5.78. The van der Waals surface area contributed by atoms with E-state index in [0.717, 1.165) is 16.7 Å². The molecule has 0 saturated carbocycles. The second-order valence-electron chi connectivity index (χ2n) is 5.80. The fourth-order valence-electron chi connectivity index (χ4n) is 2.89. The summed E-state index contributed by atoms with van der Waals surface area (Å²) in [6, 6.07) is 21.2. The minimum absolute atomic E-state index is 0.0957. The molecule has 0 aliphatic carbocycles. The molecule has 0 aliphatic heterocycles. The van der Waals surface area contributed by atoms with Crippen LogP contribution in [0.4, 0.5) is 0 Å². The number of nitrogens with zero attached hydrogens (tertiary/aromatic N) is 1. The van der Waals surface area contributed by atoms with Crippen LogP contribution >= 0.6 is 0 Å². The number of aromatic nitrogens is 2. The van der Waals surface area contributed by atoms with Crippen LogP contribution < -0.4 is 5.46 Å². The molecule has 1 aromatic heterocycles. The van der Waals surface area contributed by atoms with Crippen LogP contribution in [0.3, 0.4) is 0 Å². The zero-order valence-corrected chi connectivity index (χ0v) is 13.2. The van der Waals surface area contributed by atoms with Crippen molar-refractivity contribution in [3.05, 3.63) is 72.3 Å². The molecule has 4 nitrogen and oxygen atoms in total. The smallest absolute Gasteiger partial charge is 0.337 e. The number of hydrogen-bond donors (Lipinski definition) is 2. The van der Waals surface area contributed by atoms with Crippen LogP contribution in [0.25, 0.3) is 33.5 Å². The molecule has 0 spiro atoms. The summed E-state index contributed by atoms with van der Waals surface area (Å²) in [5, 5.41) is 9.34. The highest BCUT2D eigenvalue weighted by atomic mass is 16.4. The van der Waals surface area contributed by atoms with E-state index >= 15 is 0 Å². The first-order valence-corrected chi connectivity index (χ1v) is 7.80. The van der Waals surface area contributed by atoms with E-state index in [9.17, 15) is 9.90 Å². The highest BCUT2D eigenvalue weighted by molar-refractivity contribution is 6.34. The molecule has 0 bridgehead atoms. The highest BCUT2D eigenvalue weighted by Gasteiger charge is 2.14. The van der Waals surface area contributed by atoms with Crippen LogP contribution in [0.2, 0.25) is 0 Å². The second-order valence-corrected chi connectivity index (χ2v) is 5.80. The molecule has 4 aromatic rings. The molecule has 0 aliphatic rings. The topological polar surface area (TPSA) is 66.0 Å². The van der Waals surface area contributed by atoms with Gasteiger partial charge < -0.3 is 10.1 Å². The van der Waals surface area contributed by atoms with E-state index in [1.165, 1.54) is 6.07 Å². The second kappa shape index (κ2) is 5.94. The molecule has 25 heavy (non-hydrogen) atoms. The first-order valence-electron chi connectivity index (χ1n) is 7.80. The highest BCUT2D eigenvalue weighted by Crippen LogP contribution is 2.25. The van der Waals surface area contributed by atoms with E-state index in [4.69, 9.17) is 7.85 Å². The molecular weight excluding hydrogens is 311 g/mol. The minimum atomic E-state index is -1.05. The third kappa shape index (κ3) is 2.80. The SMILES string of the molecule is [B]c1cc(C(=O)O)c2nc(-c3ccc(-c4ccccc4)cc3)[nH]c2c1. The van der Waals surface area contributed by atoms with Crippen molar-refractivity contribution in [1.29, 1.82) is 0 Å². The van der Waals surface area contributed by atoms with Gasteiger partial charge in [-0.2, -0.15) is 0 Å². The van der Waals surface area contributed by atoms with Crippen molar-refractivity contribution in [3.8, 4) is 22.5 Å². The molecule has 5 heteroatoms. The van der Waals surface area contributed by atoms with Crippen LogP contribution in [-0.4, -0.2) is 28.9 Å². The summed E-state index contributed by atoms with van der Waals surface area (Å²) in [6.45, 7) is 0. The number of aromatic amines is 1. The van der Waals surface area contributed by atoms with Crippen molar-refractivity contribution in [1.82, 2.24) is 9.97 Å². The Balaban J connectivity index is 1.77. The molecule has 0 fully saturated rings. The van der Waals surface area contributed by atoms with Gasteiger partial charge in [0.1, 0.15) is 19.2 Å². The number of benzene rings is 3. The molecule has 118 valence electrons. The lowest BCUT2D eigenvalue weighted by molar-refractivity contribution is 0.0699. The summed E-state index contributed by atoms with van der Waals surface area (Å²) in [5.41, 5.74) is 4.63. The Morgan fingerprint density at radius 3 is 2.24 bits per heavy atom. The van der Waals surface area contributed by atoms with Crippen molar-refractivity contribution in [2.75, 3.05) is 0 Å². The average Bonchev–Trinajstić information content (AvgIpc) is 3.05. The summed E-state index contributed by atoms with van der Waals surface area (Å²) < 4.78 is 0. The van der Waals surface area contributed by atoms with Gasteiger partial charge in [0.15, 0.2) is 0 Å². The number of carboxylic acids is 1. The van der Waals surface area contributed by atoms with E-state index in [1.807, 2.05) is 42.5 Å². The van der Waals surface area contributed by atoms with Gasteiger partial charge in [-0.25, -0.2) is 9.78 Å². The molecular formula is C20H13BN2O2. The van der Waals surface area contributed by atoms with Gasteiger partial charge in [-0.3, -0.25) is 0 Å². The molecule has 0 atom stereocenters. The van der Waals surface area contributed by atoms with Gasteiger partial charge in [0.05, 0.1) is 11.1 Å². The van der Waals surface area contributed by atoms with Crippen LogP contribution in [0, 0.1) is 0 Å². The molecule has 3 aromatic carbocycles. The van der Waals surface area contributed by atoms with Crippen molar-refractivity contribution < 1.29 is 9.90 Å². The first kappa shape index (κ1) is 15.2. The number of H-pyrrole nitrogens is 1. The summed E-state index contributed by atoms with van der Waals surface area (Å²) in [4.78, 5) is 19.0. The van der Waals surface area contributed by atoms with Crippen LogP contribution in [0.15, 0.2) is 66.7 Å². The minimum Gasteiger partial charge on any atom is -0.478 e. The van der Waals surface area contributed by atoms with Gasteiger partial charge in [-0.15, -0.1) is 0 Å². The van der Waals surface area contributed by atoms with E-state index in [-0.39, 0.29) is 5.56 Å². The maximum atomic E-state index is 11.4. The number of carbonyl (C=O) groups is 1. The zero-order valence-electron chi connectivity index (χ0n) is 13.2. The van der Waals surface area contributed by atoms with E-state index in [2.05, 4.69) is 22.1 Å². The predicted octanol–water partition coefficient (Wildman–Crippen LogP) is 3.39. The van der Waals surface area contributed by atoms with Crippen molar-refractivity contribution in [2.45, 2.75) is 0 Å². The Bertz CT molecular complexity index is 1070. The normalized spacial score (nSPS) is 10.9. The molecule has 0 unspecified atom stereocenters. The molecule has 2 radical (unpaired) electrons. The van der Waals surface area contributed by atoms with Gasteiger partial charge in [-0.1, -0.05) is 66.1 Å². The van der Waals surface area contributed by atoms with Gasteiger partial charge in [0.2, 0.25) is 0 Å². The number of carboxylic acid groups (broad SMARTS) is 1. The average molecular weight is 324 g/mol. The van der Waals surface area contributed by atoms with Crippen molar-refractivity contribution in [3.63, 3.8) is 0 Å². The van der Waals surface area contributed by atoms with Gasteiger partial charge in [0, 0.05) is 5.56 Å². The van der Waals surface area contributed by atoms with E-state index in [0.29, 0.717) is 22.3 Å². The van der Waals surface area contributed by atoms with E-state index in [1.54, 1.807) is 6.07 Å². The quantitative estimate of drug-likeness (QED) is 0.568. The zero-order chi connectivity index (χ0) is 17.4. The van der Waals surface area contributed by atoms with Crippen LogP contribution in [0.1, 0.15) is 10.4 Å². The Labute approximate surface area is 145 Å². The number of fused-ring (bicyclic) bond motifs is 1. The third-order valence-corrected chi connectivity index (χ3v) is 4.10. The Morgan fingerprint density at radius 2 is 1.56 bits per heavy atom. The van der Waals surface area contributed by atoms with E-state index < -0.39 is 5.97 Å². The molecule has 4 rings (SSSR count). The monoisotopic (exact) mass is 324 g/mol. The number of hydrogen-bond acceptors (Lipinski definition) is 2. The lowest BCUT2D eigenvalue weighted by Crippen LogP contribution is -2.07. The number of nitrogens with one attached hydrogen (secondary N) is 1. The lowest BCUT2D eigenvalue weighted by Gasteiger charge is -2.02. The van der Waals surface area contributed by atoms with Crippen LogP contribution in [0.5, 0.6) is 0 Å². The standard InChI is InChI=1S/C20H13BN2O2/c21-15-10-16(20(24)25)18-17(11-15)22-19(23-18)14-8-6-13(7-9-14)12-4-2-1-3-5-12/h1-11H,(H,22,23)(H,24,25). The summed E-state index contributed by atoms with van der Waals surface area (Å²) >= 11 is 0. The van der Waals surface area contributed by atoms with Crippen molar-refractivity contribution in [2.24, 2.45) is 0 Å². The maximum absolute atomic E-state index is 11.4. The van der Waals surface area contributed by atoms with Crippen molar-refractivity contribution >= 4 is 30.3 Å². The molecule has 0 saturated heterocycles. The largest absolute Gasteiger partial charge is 0.478 e. The van der Waals surface area contributed by atoms with Gasteiger partial charge >= 0.3 is 5.97 Å². The first-order chi connectivity index (χ1) is 12.1. The molecule has 2 N–H and O–H groups in total. The third-order valence-electron chi connectivity index (χ3n) is 4.10. The fourth-order valence-corrected chi connectivity index (χ4v) is 2.89. The molecule has 0 amide bonds. The maximum Gasteiger partial charge on any atom is 0.337 e. The summed E-state index contributed by atoms with van der Waals surface area (Å²) in [5.74, 6) is -0.433. The fraction of sp³-hybridized carbons (Fsp3) is 0. The van der Waals surface area contributed by atoms with Crippen LogP contribution in [-0.2, 0) is 0 Å². The molecule has 1 heterocycles. The Kier molecular flexibility index (Phi) is 3.62. The lowest BCUT2D eigenvalue weighted by atomic mass is 9.93. The van der Waals surface area contributed by atoms with Gasteiger partial charge in [0.25, 0.3) is 0 Å². The number of aromatic carboxylic acids is 1. The number of imidazole rings is 1. The van der Waals surface area contributed by atoms with Gasteiger partial charge in [-0.05, 0) is 17.2 Å².